The molecule has 3 rings (SSSR count). The molecule has 0 aliphatic carbocycles. The van der Waals surface area contributed by atoms with Gasteiger partial charge in [-0.05, 0) is 43.4 Å². The van der Waals surface area contributed by atoms with Crippen molar-refractivity contribution in [2.75, 3.05) is 45.2 Å². The van der Waals surface area contributed by atoms with Crippen LogP contribution in [0.15, 0.2) is 48.5 Å². The fourth-order valence-electron chi connectivity index (χ4n) is 2.99. The highest BCUT2D eigenvalue weighted by atomic mass is 16.5. The first-order valence-corrected chi connectivity index (χ1v) is 9.37. The SMILES string of the molecule is CN1CCN(C(=O)c2ccc(NC(=O)COc3cccc(C(=N)N)c3)cc2)CC1. The number of likely N-dealkylation sites (N-methyl/N-ethyl adjacent to an activating group) is 1. The van der Waals surface area contributed by atoms with E-state index in [0.717, 1.165) is 26.2 Å². The van der Waals surface area contributed by atoms with Crippen LogP contribution in [0.5, 0.6) is 5.75 Å². The van der Waals surface area contributed by atoms with Crippen molar-refractivity contribution in [2.45, 2.75) is 0 Å². The fraction of sp³-hybridized carbons (Fsp3) is 0.286. The molecule has 2 amide bonds. The van der Waals surface area contributed by atoms with E-state index in [9.17, 15) is 9.59 Å². The van der Waals surface area contributed by atoms with E-state index in [1.807, 2.05) is 11.9 Å². The van der Waals surface area contributed by atoms with Crippen LogP contribution < -0.4 is 15.8 Å². The van der Waals surface area contributed by atoms with Crippen LogP contribution in [0.25, 0.3) is 0 Å². The minimum Gasteiger partial charge on any atom is -0.484 e. The predicted octanol–water partition coefficient (Wildman–Crippen LogP) is 1.38. The Bertz CT molecular complexity index is 889. The maximum absolute atomic E-state index is 12.6. The first-order valence-electron chi connectivity index (χ1n) is 9.37. The fourth-order valence-corrected chi connectivity index (χ4v) is 2.99. The number of hydrogen-bond acceptors (Lipinski definition) is 5. The van der Waals surface area contributed by atoms with Crippen molar-refractivity contribution in [3.63, 3.8) is 0 Å². The summed E-state index contributed by atoms with van der Waals surface area (Å²) in [6, 6.07) is 13.5. The van der Waals surface area contributed by atoms with Gasteiger partial charge in [-0.3, -0.25) is 15.0 Å². The van der Waals surface area contributed by atoms with Gasteiger partial charge in [0.25, 0.3) is 11.8 Å². The zero-order chi connectivity index (χ0) is 20.8. The number of amides is 2. The van der Waals surface area contributed by atoms with E-state index in [2.05, 4.69) is 10.2 Å². The van der Waals surface area contributed by atoms with Gasteiger partial charge in [-0.1, -0.05) is 12.1 Å². The molecule has 0 unspecified atom stereocenters. The lowest BCUT2D eigenvalue weighted by Gasteiger charge is -2.32. The first kappa shape index (κ1) is 20.3. The van der Waals surface area contributed by atoms with Crippen molar-refractivity contribution in [2.24, 2.45) is 5.73 Å². The molecule has 152 valence electrons. The van der Waals surface area contributed by atoms with Gasteiger partial charge in [-0.15, -0.1) is 0 Å². The van der Waals surface area contributed by atoms with E-state index in [0.29, 0.717) is 22.6 Å². The number of carbonyl (C=O) groups excluding carboxylic acids is 2. The van der Waals surface area contributed by atoms with E-state index < -0.39 is 0 Å². The lowest BCUT2D eigenvalue weighted by atomic mass is 10.1. The Kier molecular flexibility index (Phi) is 6.46. The van der Waals surface area contributed by atoms with Crippen LogP contribution >= 0.6 is 0 Å². The van der Waals surface area contributed by atoms with Gasteiger partial charge in [0.2, 0.25) is 0 Å². The number of nitrogens with one attached hydrogen (secondary N) is 2. The molecule has 1 heterocycles. The van der Waals surface area contributed by atoms with E-state index >= 15 is 0 Å². The topological polar surface area (TPSA) is 112 Å². The summed E-state index contributed by atoms with van der Waals surface area (Å²) >= 11 is 0. The number of ether oxygens (including phenoxy) is 1. The number of nitrogen functional groups attached to an aromatic ring is 1. The molecule has 2 aromatic carbocycles. The normalized spacial score (nSPS) is 14.3. The molecule has 4 N–H and O–H groups in total. The van der Waals surface area contributed by atoms with Crippen LogP contribution in [0.3, 0.4) is 0 Å². The number of benzene rings is 2. The molecule has 2 aromatic rings. The predicted molar refractivity (Wildman–Crippen MR) is 111 cm³/mol. The number of nitrogens with two attached hydrogens (primary N) is 1. The standard InChI is InChI=1S/C21H25N5O3/c1-25-9-11-26(12-10-25)21(28)15-5-7-17(8-6-15)24-19(27)14-29-18-4-2-3-16(13-18)20(22)23/h2-8,13H,9-12,14H2,1H3,(H3,22,23)(H,24,27). The number of rotatable bonds is 6. The molecule has 0 radical (unpaired) electrons. The Morgan fingerprint density at radius 1 is 1.07 bits per heavy atom. The van der Waals surface area contributed by atoms with Crippen molar-refractivity contribution >= 4 is 23.3 Å². The van der Waals surface area contributed by atoms with Crippen LogP contribution in [0.4, 0.5) is 5.69 Å². The van der Waals surface area contributed by atoms with Crippen molar-refractivity contribution in [1.82, 2.24) is 9.80 Å². The summed E-state index contributed by atoms with van der Waals surface area (Å²) in [5.41, 5.74) is 7.17. The monoisotopic (exact) mass is 395 g/mol. The third kappa shape index (κ3) is 5.55. The molecule has 29 heavy (non-hydrogen) atoms. The maximum Gasteiger partial charge on any atom is 0.262 e. The summed E-state index contributed by atoms with van der Waals surface area (Å²) < 4.78 is 5.45. The van der Waals surface area contributed by atoms with E-state index in [4.69, 9.17) is 15.9 Å². The van der Waals surface area contributed by atoms with E-state index in [-0.39, 0.29) is 24.3 Å². The second-order valence-electron chi connectivity index (χ2n) is 6.95. The summed E-state index contributed by atoms with van der Waals surface area (Å²) in [5.74, 6) is 0.0770. The molecule has 0 saturated carbocycles. The lowest BCUT2D eigenvalue weighted by Crippen LogP contribution is -2.47. The Morgan fingerprint density at radius 2 is 1.76 bits per heavy atom. The molecular formula is C21H25N5O3. The van der Waals surface area contributed by atoms with Gasteiger partial charge >= 0.3 is 0 Å². The highest BCUT2D eigenvalue weighted by molar-refractivity contribution is 5.96. The van der Waals surface area contributed by atoms with Gasteiger partial charge in [0.15, 0.2) is 6.61 Å². The Morgan fingerprint density at radius 3 is 2.41 bits per heavy atom. The molecule has 8 heteroatoms. The average molecular weight is 395 g/mol. The molecule has 8 nitrogen and oxygen atoms in total. The van der Waals surface area contributed by atoms with E-state index in [1.54, 1.807) is 48.5 Å². The van der Waals surface area contributed by atoms with Crippen LogP contribution in [-0.4, -0.2) is 67.3 Å². The quantitative estimate of drug-likeness (QED) is 0.505. The molecule has 0 atom stereocenters. The van der Waals surface area contributed by atoms with Gasteiger partial charge in [0.1, 0.15) is 11.6 Å². The Balaban J connectivity index is 1.51. The van der Waals surface area contributed by atoms with Gasteiger partial charge in [0.05, 0.1) is 0 Å². The number of amidine groups is 1. The van der Waals surface area contributed by atoms with Crippen LogP contribution in [-0.2, 0) is 4.79 Å². The number of piperazine rings is 1. The molecular weight excluding hydrogens is 370 g/mol. The van der Waals surface area contributed by atoms with Gasteiger partial charge < -0.3 is 25.6 Å². The third-order valence-electron chi connectivity index (χ3n) is 4.72. The van der Waals surface area contributed by atoms with Gasteiger partial charge in [-0.25, -0.2) is 0 Å². The van der Waals surface area contributed by atoms with Crippen molar-refractivity contribution in [3.8, 4) is 5.75 Å². The van der Waals surface area contributed by atoms with Crippen molar-refractivity contribution in [1.29, 1.82) is 5.41 Å². The largest absolute Gasteiger partial charge is 0.484 e. The summed E-state index contributed by atoms with van der Waals surface area (Å²) in [7, 11) is 2.04. The highest BCUT2D eigenvalue weighted by Gasteiger charge is 2.20. The molecule has 1 fully saturated rings. The summed E-state index contributed by atoms with van der Waals surface area (Å²) in [5, 5.41) is 10.2. The second-order valence-corrected chi connectivity index (χ2v) is 6.95. The number of nitrogens with zero attached hydrogens (tertiary/aromatic N) is 2. The number of anilines is 1. The van der Waals surface area contributed by atoms with Crippen molar-refractivity contribution < 1.29 is 14.3 Å². The molecule has 1 aliphatic heterocycles. The molecule has 0 aromatic heterocycles. The van der Waals surface area contributed by atoms with Crippen LogP contribution in [0, 0.1) is 5.41 Å². The smallest absolute Gasteiger partial charge is 0.262 e. The minimum absolute atomic E-state index is 0.00432. The zero-order valence-electron chi connectivity index (χ0n) is 16.4. The molecule has 1 aliphatic rings. The molecule has 0 bridgehead atoms. The first-order chi connectivity index (χ1) is 13.9. The van der Waals surface area contributed by atoms with Crippen LogP contribution in [0.2, 0.25) is 0 Å². The summed E-state index contributed by atoms with van der Waals surface area (Å²) in [4.78, 5) is 28.7. The van der Waals surface area contributed by atoms with Gasteiger partial charge in [-0.2, -0.15) is 0 Å². The minimum atomic E-state index is -0.323. The third-order valence-corrected chi connectivity index (χ3v) is 4.72. The van der Waals surface area contributed by atoms with Crippen molar-refractivity contribution in [3.05, 3.63) is 59.7 Å². The average Bonchev–Trinajstić information content (AvgIpc) is 2.73. The lowest BCUT2D eigenvalue weighted by molar-refractivity contribution is -0.118. The van der Waals surface area contributed by atoms with E-state index in [1.165, 1.54) is 0 Å². The van der Waals surface area contributed by atoms with Crippen LogP contribution in [0.1, 0.15) is 15.9 Å². The highest BCUT2D eigenvalue weighted by Crippen LogP contribution is 2.15. The number of hydrogen-bond donors (Lipinski definition) is 3. The maximum atomic E-state index is 12.6. The zero-order valence-corrected chi connectivity index (χ0v) is 16.4. The summed E-state index contributed by atoms with van der Waals surface area (Å²) in [6.45, 7) is 3.00. The summed E-state index contributed by atoms with van der Waals surface area (Å²) in [6.07, 6.45) is 0. The second kappa shape index (κ2) is 9.20. The Hall–Kier alpha value is -3.39. The Labute approximate surface area is 169 Å². The number of carbonyl (C=O) groups is 2. The molecule has 1 saturated heterocycles. The van der Waals surface area contributed by atoms with Gasteiger partial charge in [0, 0.05) is 43.0 Å². The molecule has 0 spiro atoms.